The minimum absolute atomic E-state index is 0.165. The number of carbonyl (C=O) groups is 1. The number of aromatic nitrogens is 2. The van der Waals surface area contributed by atoms with E-state index in [1.165, 1.54) is 28.0 Å². The van der Waals surface area contributed by atoms with Crippen molar-refractivity contribution in [3.8, 4) is 11.1 Å². The Morgan fingerprint density at radius 3 is 2.74 bits per heavy atom. The third kappa shape index (κ3) is 2.99. The minimum Gasteiger partial charge on any atom is -0.481 e. The molecule has 0 saturated heterocycles. The molecule has 2 aromatic heterocycles. The van der Waals surface area contributed by atoms with Crippen molar-refractivity contribution in [2.75, 3.05) is 5.75 Å². The summed E-state index contributed by atoms with van der Waals surface area (Å²) in [5.74, 6) is -1.48. The van der Waals surface area contributed by atoms with Gasteiger partial charge in [-0.1, -0.05) is 23.9 Å². The normalized spacial score (nSPS) is 11.0. The maximum absolute atomic E-state index is 13.1. The van der Waals surface area contributed by atoms with Crippen LogP contribution in [0.25, 0.3) is 21.3 Å². The van der Waals surface area contributed by atoms with E-state index >= 15 is 0 Å². The first-order chi connectivity index (χ1) is 11.0. The molecule has 118 valence electrons. The average Bonchev–Trinajstić information content (AvgIpc) is 2.94. The van der Waals surface area contributed by atoms with Crippen molar-refractivity contribution in [3.63, 3.8) is 0 Å². The fourth-order valence-electron chi connectivity index (χ4n) is 2.15. The maximum atomic E-state index is 13.1. The summed E-state index contributed by atoms with van der Waals surface area (Å²) in [7, 11) is 1.56. The van der Waals surface area contributed by atoms with Gasteiger partial charge in [0.15, 0.2) is 5.16 Å². The molecular formula is C15H11FN2O3S2. The van der Waals surface area contributed by atoms with Gasteiger partial charge in [0, 0.05) is 18.0 Å². The van der Waals surface area contributed by atoms with Gasteiger partial charge < -0.3 is 5.11 Å². The molecule has 0 fully saturated rings. The SMILES string of the molecule is Cn1c(SCC(=O)O)nc2scc(-c3ccc(F)cc3)c2c1=O. The second-order valence-electron chi connectivity index (χ2n) is 4.78. The van der Waals surface area contributed by atoms with E-state index in [-0.39, 0.29) is 17.1 Å². The Morgan fingerprint density at radius 2 is 2.09 bits per heavy atom. The first kappa shape index (κ1) is 15.7. The van der Waals surface area contributed by atoms with Gasteiger partial charge in [-0.05, 0) is 17.7 Å². The van der Waals surface area contributed by atoms with E-state index in [2.05, 4.69) is 4.98 Å². The summed E-state index contributed by atoms with van der Waals surface area (Å²) in [6, 6.07) is 5.91. The Kier molecular flexibility index (Phi) is 4.18. The molecule has 0 unspecified atom stereocenters. The molecule has 0 aliphatic heterocycles. The average molecular weight is 350 g/mol. The number of nitrogens with zero attached hydrogens (tertiary/aromatic N) is 2. The van der Waals surface area contributed by atoms with Crippen molar-refractivity contribution >= 4 is 39.3 Å². The summed E-state index contributed by atoms with van der Waals surface area (Å²) in [4.78, 5) is 28.2. The second kappa shape index (κ2) is 6.13. The highest BCUT2D eigenvalue weighted by Crippen LogP contribution is 2.32. The van der Waals surface area contributed by atoms with E-state index in [1.807, 2.05) is 0 Å². The highest BCUT2D eigenvalue weighted by Gasteiger charge is 2.16. The molecule has 5 nitrogen and oxygen atoms in total. The van der Waals surface area contributed by atoms with E-state index in [1.54, 1.807) is 24.6 Å². The highest BCUT2D eigenvalue weighted by molar-refractivity contribution is 7.99. The molecule has 1 N–H and O–H groups in total. The molecule has 0 aliphatic rings. The van der Waals surface area contributed by atoms with Gasteiger partial charge in [0.1, 0.15) is 10.6 Å². The quantitative estimate of drug-likeness (QED) is 0.578. The van der Waals surface area contributed by atoms with Crippen molar-refractivity contribution in [2.24, 2.45) is 7.05 Å². The summed E-state index contributed by atoms with van der Waals surface area (Å²) in [5.41, 5.74) is 1.19. The van der Waals surface area contributed by atoms with Crippen molar-refractivity contribution in [1.29, 1.82) is 0 Å². The number of thiophene rings is 1. The molecule has 0 bridgehead atoms. The van der Waals surface area contributed by atoms with Crippen molar-refractivity contribution in [2.45, 2.75) is 5.16 Å². The van der Waals surface area contributed by atoms with Crippen LogP contribution in [0.3, 0.4) is 0 Å². The lowest BCUT2D eigenvalue weighted by molar-refractivity contribution is -0.133. The Balaban J connectivity index is 2.14. The fraction of sp³-hybridized carbons (Fsp3) is 0.133. The number of hydrogen-bond donors (Lipinski definition) is 1. The van der Waals surface area contributed by atoms with E-state index in [9.17, 15) is 14.0 Å². The summed E-state index contributed by atoms with van der Waals surface area (Å²) in [5, 5.41) is 11.4. The van der Waals surface area contributed by atoms with Gasteiger partial charge in [-0.3, -0.25) is 14.2 Å². The van der Waals surface area contributed by atoms with Crippen LogP contribution in [-0.4, -0.2) is 26.4 Å². The van der Waals surface area contributed by atoms with Crippen molar-refractivity contribution < 1.29 is 14.3 Å². The molecule has 2 heterocycles. The Labute approximate surface area is 138 Å². The van der Waals surface area contributed by atoms with Crippen LogP contribution in [-0.2, 0) is 11.8 Å². The molecule has 8 heteroatoms. The molecule has 0 aliphatic carbocycles. The van der Waals surface area contributed by atoms with Gasteiger partial charge in [-0.15, -0.1) is 11.3 Å². The van der Waals surface area contributed by atoms with Gasteiger partial charge >= 0.3 is 5.97 Å². The number of halogens is 1. The lowest BCUT2D eigenvalue weighted by Crippen LogP contribution is -2.20. The van der Waals surface area contributed by atoms with Crippen LogP contribution in [0.5, 0.6) is 0 Å². The topological polar surface area (TPSA) is 72.2 Å². The van der Waals surface area contributed by atoms with Crippen LogP contribution in [0.15, 0.2) is 39.6 Å². The molecule has 3 aromatic rings. The summed E-state index contributed by atoms with van der Waals surface area (Å²) in [6.07, 6.45) is 0. The number of benzene rings is 1. The zero-order chi connectivity index (χ0) is 16.6. The van der Waals surface area contributed by atoms with Gasteiger partial charge in [0.2, 0.25) is 0 Å². The number of thioether (sulfide) groups is 1. The zero-order valence-electron chi connectivity index (χ0n) is 11.9. The van der Waals surface area contributed by atoms with Gasteiger partial charge in [0.05, 0.1) is 11.1 Å². The molecule has 0 atom stereocenters. The van der Waals surface area contributed by atoms with E-state index in [0.29, 0.717) is 20.9 Å². The fourth-order valence-corrected chi connectivity index (χ4v) is 3.83. The van der Waals surface area contributed by atoms with Crippen LogP contribution in [0.4, 0.5) is 4.39 Å². The van der Waals surface area contributed by atoms with Crippen LogP contribution in [0, 0.1) is 5.82 Å². The Morgan fingerprint density at radius 1 is 1.39 bits per heavy atom. The number of carboxylic acids is 1. The predicted octanol–water partition coefficient (Wildman–Crippen LogP) is 2.98. The van der Waals surface area contributed by atoms with Crippen molar-refractivity contribution in [1.82, 2.24) is 9.55 Å². The molecule has 0 saturated carbocycles. The number of hydrogen-bond acceptors (Lipinski definition) is 5. The minimum atomic E-state index is -0.970. The van der Waals surface area contributed by atoms with E-state index in [0.717, 1.165) is 17.3 Å². The Bertz CT molecular complexity index is 948. The molecule has 1 aromatic carbocycles. The van der Waals surface area contributed by atoms with Gasteiger partial charge in [-0.25, -0.2) is 9.37 Å². The smallest absolute Gasteiger partial charge is 0.313 e. The van der Waals surface area contributed by atoms with E-state index < -0.39 is 5.97 Å². The molecule has 0 radical (unpaired) electrons. The van der Waals surface area contributed by atoms with Gasteiger partial charge in [0.25, 0.3) is 5.56 Å². The number of aliphatic carboxylic acids is 1. The molecule has 0 spiro atoms. The second-order valence-corrected chi connectivity index (χ2v) is 6.58. The third-order valence-corrected chi connectivity index (χ3v) is 5.14. The Hall–Kier alpha value is -2.19. The zero-order valence-corrected chi connectivity index (χ0v) is 13.6. The van der Waals surface area contributed by atoms with Crippen LogP contribution < -0.4 is 5.56 Å². The van der Waals surface area contributed by atoms with E-state index in [4.69, 9.17) is 5.11 Å². The lowest BCUT2D eigenvalue weighted by atomic mass is 10.1. The van der Waals surface area contributed by atoms with Crippen molar-refractivity contribution in [3.05, 3.63) is 45.8 Å². The first-order valence-corrected chi connectivity index (χ1v) is 8.42. The van der Waals surface area contributed by atoms with Crippen LogP contribution >= 0.6 is 23.1 Å². The molecule has 0 amide bonds. The lowest BCUT2D eigenvalue weighted by Gasteiger charge is -2.06. The molecule has 23 heavy (non-hydrogen) atoms. The third-order valence-electron chi connectivity index (χ3n) is 3.25. The first-order valence-electron chi connectivity index (χ1n) is 6.56. The maximum Gasteiger partial charge on any atom is 0.313 e. The molecule has 3 rings (SSSR count). The summed E-state index contributed by atoms with van der Waals surface area (Å²) >= 11 is 2.31. The summed E-state index contributed by atoms with van der Waals surface area (Å²) in [6.45, 7) is 0. The summed E-state index contributed by atoms with van der Waals surface area (Å²) < 4.78 is 14.4. The number of carboxylic acid groups (broad SMARTS) is 1. The van der Waals surface area contributed by atoms with Crippen LogP contribution in [0.1, 0.15) is 0 Å². The largest absolute Gasteiger partial charge is 0.481 e. The molecular weight excluding hydrogens is 339 g/mol. The number of rotatable bonds is 4. The highest BCUT2D eigenvalue weighted by atomic mass is 32.2. The van der Waals surface area contributed by atoms with Gasteiger partial charge in [-0.2, -0.15) is 0 Å². The van der Waals surface area contributed by atoms with Crippen LogP contribution in [0.2, 0.25) is 0 Å². The standard InChI is InChI=1S/C15H11FN2O3S2/c1-18-14(21)12-10(8-2-4-9(16)5-3-8)6-22-13(12)17-15(18)23-7-11(19)20/h2-6H,7H2,1H3,(H,19,20). The number of fused-ring (bicyclic) bond motifs is 1. The monoisotopic (exact) mass is 350 g/mol. The predicted molar refractivity (Wildman–Crippen MR) is 88.6 cm³/mol.